The molecule has 1 aliphatic rings. The van der Waals surface area contributed by atoms with Gasteiger partial charge in [-0.2, -0.15) is 0 Å². The van der Waals surface area contributed by atoms with Crippen LogP contribution >= 0.6 is 0 Å². The molecule has 0 radical (unpaired) electrons. The lowest BCUT2D eigenvalue weighted by molar-refractivity contribution is 0.247. The van der Waals surface area contributed by atoms with Gasteiger partial charge in [-0.25, -0.2) is 4.39 Å². The molecule has 0 saturated carbocycles. The van der Waals surface area contributed by atoms with Gasteiger partial charge in [-0.15, -0.1) is 0 Å². The Kier molecular flexibility index (Phi) is 3.69. The molecule has 3 rings (SSSR count). The summed E-state index contributed by atoms with van der Waals surface area (Å²) in [6, 6.07) is 6.96. The van der Waals surface area contributed by atoms with E-state index in [4.69, 9.17) is 4.52 Å². The predicted molar refractivity (Wildman–Crippen MR) is 75.1 cm³/mol. The first-order valence-corrected chi connectivity index (χ1v) is 6.86. The van der Waals surface area contributed by atoms with Crippen molar-refractivity contribution in [3.05, 3.63) is 47.6 Å². The zero-order valence-corrected chi connectivity index (χ0v) is 11.6. The van der Waals surface area contributed by atoms with E-state index in [0.29, 0.717) is 5.69 Å². The molecule has 1 aliphatic heterocycles. The van der Waals surface area contributed by atoms with E-state index in [1.165, 1.54) is 6.07 Å². The van der Waals surface area contributed by atoms with Crippen molar-refractivity contribution >= 4 is 5.69 Å². The maximum Gasteiger partial charge on any atom is 0.146 e. The van der Waals surface area contributed by atoms with Crippen LogP contribution in [0.2, 0.25) is 0 Å². The Labute approximate surface area is 117 Å². The van der Waals surface area contributed by atoms with E-state index in [1.807, 2.05) is 19.1 Å². The summed E-state index contributed by atoms with van der Waals surface area (Å²) in [6.07, 6.45) is 1.78. The Morgan fingerprint density at radius 3 is 2.60 bits per heavy atom. The van der Waals surface area contributed by atoms with Gasteiger partial charge in [0.25, 0.3) is 0 Å². The van der Waals surface area contributed by atoms with Crippen molar-refractivity contribution in [1.82, 2.24) is 10.1 Å². The number of aryl methyl sites for hydroxylation is 1. The van der Waals surface area contributed by atoms with E-state index in [9.17, 15) is 4.39 Å². The van der Waals surface area contributed by atoms with E-state index in [-0.39, 0.29) is 5.82 Å². The summed E-state index contributed by atoms with van der Waals surface area (Å²) in [5.41, 5.74) is 1.83. The van der Waals surface area contributed by atoms with Gasteiger partial charge in [0.05, 0.1) is 11.9 Å². The molecule has 106 valence electrons. The lowest BCUT2D eigenvalue weighted by Crippen LogP contribution is -2.46. The molecule has 0 unspecified atom stereocenters. The summed E-state index contributed by atoms with van der Waals surface area (Å²) in [6.45, 7) is 6.28. The first-order valence-electron chi connectivity index (χ1n) is 6.86. The van der Waals surface area contributed by atoms with Crippen molar-refractivity contribution in [2.45, 2.75) is 13.5 Å². The minimum absolute atomic E-state index is 0.143. The maximum atomic E-state index is 13.8. The van der Waals surface area contributed by atoms with E-state index < -0.39 is 0 Å². The van der Waals surface area contributed by atoms with Gasteiger partial charge in [0, 0.05) is 38.3 Å². The lowest BCUT2D eigenvalue weighted by atomic mass is 10.2. The molecule has 1 aromatic heterocycles. The third-order valence-electron chi connectivity index (χ3n) is 3.81. The summed E-state index contributed by atoms with van der Waals surface area (Å²) in [4.78, 5) is 4.45. The number of aromatic nitrogens is 1. The number of anilines is 1. The molecular weight excluding hydrogens is 257 g/mol. The lowest BCUT2D eigenvalue weighted by Gasteiger charge is -2.36. The standard InChI is InChI=1S/C15H18FN3O/c1-12-13(10-17-20-12)11-18-6-8-19(9-7-18)15-5-3-2-4-14(15)16/h2-5,10H,6-9,11H2,1H3. The fraction of sp³-hybridized carbons (Fsp3) is 0.400. The predicted octanol–water partition coefficient (Wildman–Crippen LogP) is 2.44. The van der Waals surface area contributed by atoms with Gasteiger partial charge in [0.1, 0.15) is 11.6 Å². The molecule has 0 bridgehead atoms. The molecule has 0 spiro atoms. The molecule has 2 heterocycles. The normalized spacial score (nSPS) is 16.6. The number of benzene rings is 1. The Morgan fingerprint density at radius 2 is 1.95 bits per heavy atom. The zero-order chi connectivity index (χ0) is 13.9. The van der Waals surface area contributed by atoms with Gasteiger partial charge in [-0.1, -0.05) is 17.3 Å². The molecule has 0 amide bonds. The first-order chi connectivity index (χ1) is 9.74. The Morgan fingerprint density at radius 1 is 1.20 bits per heavy atom. The van der Waals surface area contributed by atoms with E-state index in [0.717, 1.165) is 44.0 Å². The average Bonchev–Trinajstić information content (AvgIpc) is 2.86. The summed E-state index contributed by atoms with van der Waals surface area (Å²) >= 11 is 0. The number of para-hydroxylation sites is 1. The quantitative estimate of drug-likeness (QED) is 0.861. The van der Waals surface area contributed by atoms with Gasteiger partial charge >= 0.3 is 0 Å². The first kappa shape index (κ1) is 13.1. The third kappa shape index (κ3) is 2.67. The molecule has 2 aromatic rings. The monoisotopic (exact) mass is 275 g/mol. The van der Waals surface area contributed by atoms with Crippen LogP contribution in [0.3, 0.4) is 0 Å². The van der Waals surface area contributed by atoms with E-state index in [1.54, 1.807) is 12.3 Å². The highest BCUT2D eigenvalue weighted by molar-refractivity contribution is 5.48. The van der Waals surface area contributed by atoms with E-state index >= 15 is 0 Å². The Hall–Kier alpha value is -1.88. The van der Waals surface area contributed by atoms with Crippen molar-refractivity contribution in [3.8, 4) is 0 Å². The second-order valence-electron chi connectivity index (χ2n) is 5.12. The smallest absolute Gasteiger partial charge is 0.146 e. The van der Waals surface area contributed by atoms with Gasteiger partial charge in [0.2, 0.25) is 0 Å². The van der Waals surface area contributed by atoms with Crippen LogP contribution in [-0.4, -0.2) is 36.2 Å². The van der Waals surface area contributed by atoms with Crippen LogP contribution in [0.4, 0.5) is 10.1 Å². The molecule has 0 atom stereocenters. The van der Waals surface area contributed by atoms with Gasteiger partial charge < -0.3 is 9.42 Å². The van der Waals surface area contributed by atoms with Gasteiger partial charge in [0.15, 0.2) is 0 Å². The third-order valence-corrected chi connectivity index (χ3v) is 3.81. The molecule has 0 aliphatic carbocycles. The highest BCUT2D eigenvalue weighted by Gasteiger charge is 2.20. The average molecular weight is 275 g/mol. The van der Waals surface area contributed by atoms with Crippen LogP contribution in [0.5, 0.6) is 0 Å². The number of hydrogen-bond donors (Lipinski definition) is 0. The van der Waals surface area contributed by atoms with Crippen molar-refractivity contribution in [2.24, 2.45) is 0 Å². The second-order valence-corrected chi connectivity index (χ2v) is 5.12. The van der Waals surface area contributed by atoms with Crippen LogP contribution < -0.4 is 4.90 Å². The minimum Gasteiger partial charge on any atom is -0.367 e. The molecule has 4 nitrogen and oxygen atoms in total. The van der Waals surface area contributed by atoms with Crippen molar-refractivity contribution in [2.75, 3.05) is 31.1 Å². The molecule has 0 N–H and O–H groups in total. The van der Waals surface area contributed by atoms with Crippen LogP contribution in [0.15, 0.2) is 35.0 Å². The molecule has 1 aromatic carbocycles. The van der Waals surface area contributed by atoms with Crippen molar-refractivity contribution in [3.63, 3.8) is 0 Å². The SMILES string of the molecule is Cc1oncc1CN1CCN(c2ccccc2F)CC1. The summed E-state index contributed by atoms with van der Waals surface area (Å²) in [5.74, 6) is 0.734. The maximum absolute atomic E-state index is 13.8. The highest BCUT2D eigenvalue weighted by Crippen LogP contribution is 2.21. The molecule has 20 heavy (non-hydrogen) atoms. The summed E-state index contributed by atoms with van der Waals surface area (Å²) in [5, 5.41) is 3.80. The Balaban J connectivity index is 1.60. The number of nitrogens with zero attached hydrogens (tertiary/aromatic N) is 3. The fourth-order valence-corrected chi connectivity index (χ4v) is 2.57. The Bertz CT molecular complexity index is 576. The minimum atomic E-state index is -0.143. The van der Waals surface area contributed by atoms with Crippen LogP contribution in [0, 0.1) is 12.7 Å². The largest absolute Gasteiger partial charge is 0.367 e. The molecular formula is C15H18FN3O. The fourth-order valence-electron chi connectivity index (χ4n) is 2.57. The van der Waals surface area contributed by atoms with E-state index in [2.05, 4.69) is 15.0 Å². The number of rotatable bonds is 3. The molecule has 1 fully saturated rings. The summed E-state index contributed by atoms with van der Waals surface area (Å²) in [7, 11) is 0. The van der Waals surface area contributed by atoms with Crippen molar-refractivity contribution in [1.29, 1.82) is 0 Å². The number of hydrogen-bond acceptors (Lipinski definition) is 4. The highest BCUT2D eigenvalue weighted by atomic mass is 19.1. The van der Waals surface area contributed by atoms with Crippen LogP contribution in [-0.2, 0) is 6.54 Å². The second kappa shape index (κ2) is 5.63. The summed E-state index contributed by atoms with van der Waals surface area (Å²) < 4.78 is 18.8. The van der Waals surface area contributed by atoms with Crippen molar-refractivity contribution < 1.29 is 8.91 Å². The van der Waals surface area contributed by atoms with Gasteiger partial charge in [-0.05, 0) is 19.1 Å². The van der Waals surface area contributed by atoms with Crippen LogP contribution in [0.25, 0.3) is 0 Å². The van der Waals surface area contributed by atoms with Crippen LogP contribution in [0.1, 0.15) is 11.3 Å². The topological polar surface area (TPSA) is 32.5 Å². The number of piperazine rings is 1. The molecule has 5 heteroatoms. The number of halogens is 1. The zero-order valence-electron chi connectivity index (χ0n) is 11.6. The van der Waals surface area contributed by atoms with Gasteiger partial charge in [-0.3, -0.25) is 4.90 Å². The molecule has 1 saturated heterocycles.